The van der Waals surface area contributed by atoms with E-state index in [0.717, 1.165) is 31.0 Å². The second-order valence-corrected chi connectivity index (χ2v) is 9.05. The molecule has 1 aromatic carbocycles. The van der Waals surface area contributed by atoms with E-state index in [0.29, 0.717) is 25.4 Å². The van der Waals surface area contributed by atoms with E-state index in [9.17, 15) is 4.79 Å². The Labute approximate surface area is 182 Å². The lowest BCUT2D eigenvalue weighted by Gasteiger charge is -2.37. The van der Waals surface area contributed by atoms with E-state index in [1.54, 1.807) is 12.4 Å². The van der Waals surface area contributed by atoms with Gasteiger partial charge >= 0.3 is 0 Å². The number of hydrogen-bond donors (Lipinski definition) is 2. The second-order valence-electron chi connectivity index (χ2n) is 9.05. The summed E-state index contributed by atoms with van der Waals surface area (Å²) < 4.78 is 0. The van der Waals surface area contributed by atoms with Crippen molar-refractivity contribution in [2.24, 2.45) is 5.92 Å². The average Bonchev–Trinajstić information content (AvgIpc) is 3.13. The fourth-order valence-corrected chi connectivity index (χ4v) is 4.98. The number of amides is 1. The van der Waals surface area contributed by atoms with Crippen molar-refractivity contribution in [3.05, 3.63) is 54.0 Å². The van der Waals surface area contributed by atoms with Crippen molar-refractivity contribution < 1.29 is 4.79 Å². The number of carbonyl (C=O) groups excluding carboxylic acids is 1. The van der Waals surface area contributed by atoms with Crippen molar-refractivity contribution in [3.8, 4) is 0 Å². The van der Waals surface area contributed by atoms with Gasteiger partial charge in [-0.25, -0.2) is 9.97 Å². The topological polar surface area (TPSA) is 77.2 Å². The molecule has 2 atom stereocenters. The summed E-state index contributed by atoms with van der Waals surface area (Å²) in [5.74, 6) is 1.48. The Balaban J connectivity index is 1.35. The summed E-state index contributed by atoms with van der Waals surface area (Å²) >= 11 is 0. The average molecular weight is 419 g/mol. The van der Waals surface area contributed by atoms with Gasteiger partial charge in [-0.3, -0.25) is 10.1 Å². The number of benzene rings is 1. The number of H-pyrrole nitrogens is 1. The minimum atomic E-state index is -0.213. The van der Waals surface area contributed by atoms with Gasteiger partial charge in [-0.05, 0) is 42.0 Å². The zero-order valence-electron chi connectivity index (χ0n) is 18.2. The van der Waals surface area contributed by atoms with E-state index in [2.05, 4.69) is 63.4 Å². The Kier molecular flexibility index (Phi) is 5.36. The van der Waals surface area contributed by atoms with Crippen LogP contribution in [0, 0.1) is 5.92 Å². The molecule has 2 aliphatic heterocycles. The normalized spacial score (nSPS) is 21.5. The molecule has 0 spiro atoms. The van der Waals surface area contributed by atoms with E-state index in [1.807, 2.05) is 11.0 Å². The lowest BCUT2D eigenvalue weighted by molar-refractivity contribution is -0.134. The summed E-state index contributed by atoms with van der Waals surface area (Å²) in [5, 5.41) is 5.03. The molecule has 5 rings (SSSR count). The highest BCUT2D eigenvalue weighted by atomic mass is 16.2. The molecule has 1 fully saturated rings. The first-order valence-corrected chi connectivity index (χ1v) is 11.3. The van der Waals surface area contributed by atoms with Crippen LogP contribution in [0.3, 0.4) is 0 Å². The molecule has 0 saturated carbocycles. The largest absolute Gasteiger partial charge is 0.361 e. The lowest BCUT2D eigenvalue weighted by atomic mass is 9.94. The maximum absolute atomic E-state index is 13.6. The number of rotatable bonds is 4. The minimum Gasteiger partial charge on any atom is -0.361 e. The van der Waals surface area contributed by atoms with Crippen LogP contribution in [0.2, 0.25) is 0 Å². The molecule has 1 saturated heterocycles. The van der Waals surface area contributed by atoms with Gasteiger partial charge in [0.2, 0.25) is 11.9 Å². The van der Waals surface area contributed by atoms with Gasteiger partial charge in [0, 0.05) is 61.7 Å². The third kappa shape index (κ3) is 3.90. The first-order valence-electron chi connectivity index (χ1n) is 11.3. The van der Waals surface area contributed by atoms with Crippen LogP contribution in [0.4, 0.5) is 5.95 Å². The van der Waals surface area contributed by atoms with Crippen LogP contribution >= 0.6 is 0 Å². The van der Waals surface area contributed by atoms with Gasteiger partial charge in [-0.15, -0.1) is 0 Å². The van der Waals surface area contributed by atoms with Crippen LogP contribution in [-0.2, 0) is 11.2 Å². The molecule has 2 N–H and O–H groups in total. The van der Waals surface area contributed by atoms with E-state index in [1.165, 1.54) is 16.5 Å². The van der Waals surface area contributed by atoms with E-state index >= 15 is 0 Å². The van der Waals surface area contributed by atoms with Gasteiger partial charge in [0.15, 0.2) is 0 Å². The molecule has 0 aliphatic carbocycles. The van der Waals surface area contributed by atoms with Crippen molar-refractivity contribution in [2.45, 2.75) is 38.8 Å². The van der Waals surface area contributed by atoms with Gasteiger partial charge in [0.25, 0.3) is 0 Å². The zero-order chi connectivity index (χ0) is 21.4. The Bertz CT molecular complexity index is 1050. The fourth-order valence-electron chi connectivity index (χ4n) is 4.98. The molecule has 1 amide bonds. The van der Waals surface area contributed by atoms with Crippen LogP contribution in [0.25, 0.3) is 10.9 Å². The standard InChI is InChI=1S/C24H30N6O/c1-16(2)13-20-18-5-3-6-19-22(18)17(15-27-19)14-21(28-20)23(31)29-9-11-30(12-10-29)24-25-7-4-8-26-24/h3-8,15-16,20-21,27-28H,9-14H2,1-2H3. The third-order valence-electron chi connectivity index (χ3n) is 6.45. The number of piperazine rings is 1. The molecule has 2 unspecified atom stereocenters. The predicted octanol–water partition coefficient (Wildman–Crippen LogP) is 2.91. The summed E-state index contributed by atoms with van der Waals surface area (Å²) in [7, 11) is 0. The molecule has 162 valence electrons. The van der Waals surface area contributed by atoms with Crippen molar-refractivity contribution in [2.75, 3.05) is 31.1 Å². The quantitative estimate of drug-likeness (QED) is 0.681. The fraction of sp³-hybridized carbons (Fsp3) is 0.458. The summed E-state index contributed by atoms with van der Waals surface area (Å²) in [6, 6.07) is 8.24. The van der Waals surface area contributed by atoms with Crippen LogP contribution in [0.1, 0.15) is 37.4 Å². The molecule has 4 heterocycles. The molecule has 7 heteroatoms. The van der Waals surface area contributed by atoms with Gasteiger partial charge in [-0.2, -0.15) is 0 Å². The Hall–Kier alpha value is -2.93. The minimum absolute atomic E-state index is 0.175. The summed E-state index contributed by atoms with van der Waals surface area (Å²) in [5.41, 5.74) is 3.70. The van der Waals surface area contributed by atoms with Crippen LogP contribution in [0.15, 0.2) is 42.9 Å². The summed E-state index contributed by atoms with van der Waals surface area (Å²) in [6.07, 6.45) is 7.33. The van der Waals surface area contributed by atoms with Gasteiger partial charge in [-0.1, -0.05) is 26.0 Å². The van der Waals surface area contributed by atoms with Crippen molar-refractivity contribution in [1.29, 1.82) is 0 Å². The van der Waals surface area contributed by atoms with E-state index in [4.69, 9.17) is 0 Å². The number of aromatic nitrogens is 3. The number of aromatic amines is 1. The molecular weight excluding hydrogens is 388 g/mol. The molecular formula is C24H30N6O. The number of nitrogens with zero attached hydrogens (tertiary/aromatic N) is 4. The molecule has 2 aliphatic rings. The predicted molar refractivity (Wildman–Crippen MR) is 122 cm³/mol. The van der Waals surface area contributed by atoms with Gasteiger partial charge in [0.05, 0.1) is 6.04 Å². The maximum Gasteiger partial charge on any atom is 0.240 e. The number of carbonyl (C=O) groups is 1. The molecule has 2 aromatic heterocycles. The molecule has 0 bridgehead atoms. The number of nitrogens with one attached hydrogen (secondary N) is 2. The highest BCUT2D eigenvalue weighted by Gasteiger charge is 2.33. The Morgan fingerprint density at radius 3 is 2.65 bits per heavy atom. The highest BCUT2D eigenvalue weighted by Crippen LogP contribution is 2.34. The van der Waals surface area contributed by atoms with Gasteiger partial charge in [0.1, 0.15) is 0 Å². The summed E-state index contributed by atoms with van der Waals surface area (Å²) in [6.45, 7) is 7.39. The van der Waals surface area contributed by atoms with Crippen LogP contribution in [0.5, 0.6) is 0 Å². The van der Waals surface area contributed by atoms with Crippen LogP contribution in [-0.4, -0.2) is 58.0 Å². The maximum atomic E-state index is 13.6. The monoisotopic (exact) mass is 418 g/mol. The lowest BCUT2D eigenvalue weighted by Crippen LogP contribution is -2.55. The highest BCUT2D eigenvalue weighted by molar-refractivity contribution is 5.90. The Morgan fingerprint density at radius 2 is 1.90 bits per heavy atom. The Morgan fingerprint density at radius 1 is 1.13 bits per heavy atom. The molecule has 7 nitrogen and oxygen atoms in total. The third-order valence-corrected chi connectivity index (χ3v) is 6.45. The van der Waals surface area contributed by atoms with E-state index < -0.39 is 0 Å². The molecule has 3 aromatic rings. The molecule has 31 heavy (non-hydrogen) atoms. The zero-order valence-corrected chi connectivity index (χ0v) is 18.2. The van der Waals surface area contributed by atoms with Crippen molar-refractivity contribution in [3.63, 3.8) is 0 Å². The SMILES string of the molecule is CC(C)CC1NC(C(=O)N2CCN(c3ncccn3)CC2)Cc2c[nH]c3cccc1c23. The van der Waals surface area contributed by atoms with Crippen molar-refractivity contribution >= 4 is 22.8 Å². The van der Waals surface area contributed by atoms with Crippen molar-refractivity contribution in [1.82, 2.24) is 25.2 Å². The first-order chi connectivity index (χ1) is 15.1. The first kappa shape index (κ1) is 20.0. The second kappa shape index (κ2) is 8.30. The van der Waals surface area contributed by atoms with Crippen LogP contribution < -0.4 is 10.2 Å². The number of anilines is 1. The summed E-state index contributed by atoms with van der Waals surface area (Å²) in [4.78, 5) is 29.8. The smallest absolute Gasteiger partial charge is 0.240 e. The van der Waals surface area contributed by atoms with E-state index in [-0.39, 0.29) is 18.0 Å². The van der Waals surface area contributed by atoms with Gasteiger partial charge < -0.3 is 14.8 Å². The molecule has 0 radical (unpaired) electrons. The number of hydrogen-bond acceptors (Lipinski definition) is 5.